The first kappa shape index (κ1) is 19.1. The zero-order chi connectivity index (χ0) is 20.1. The Morgan fingerprint density at radius 1 is 0.862 bits per heavy atom. The molecule has 4 rings (SSSR count). The molecule has 0 bridgehead atoms. The van der Waals surface area contributed by atoms with Gasteiger partial charge in [-0.25, -0.2) is 0 Å². The molecular formula is C23H25N5O. The number of piperazine rings is 1. The summed E-state index contributed by atoms with van der Waals surface area (Å²) in [5.41, 5.74) is 2.72. The maximum absolute atomic E-state index is 12.8. The fourth-order valence-electron chi connectivity index (χ4n) is 3.51. The smallest absolute Gasteiger partial charge is 0.274 e. The van der Waals surface area contributed by atoms with Crippen LogP contribution in [0.5, 0.6) is 0 Å². The highest BCUT2D eigenvalue weighted by molar-refractivity contribution is 5.92. The third-order valence-corrected chi connectivity index (χ3v) is 5.27. The summed E-state index contributed by atoms with van der Waals surface area (Å²) in [6.07, 6.45) is 0. The first-order valence-electron chi connectivity index (χ1n) is 9.89. The number of aromatic nitrogens is 2. The molecular weight excluding hydrogens is 362 g/mol. The lowest BCUT2D eigenvalue weighted by atomic mass is 10.2. The van der Waals surface area contributed by atoms with Crippen LogP contribution in [0.4, 0.5) is 11.5 Å². The molecule has 2 heterocycles. The minimum atomic E-state index is -0.0502. The van der Waals surface area contributed by atoms with Crippen LogP contribution in [0.25, 0.3) is 0 Å². The van der Waals surface area contributed by atoms with Crippen molar-refractivity contribution in [2.45, 2.75) is 6.54 Å². The van der Waals surface area contributed by atoms with E-state index in [1.54, 1.807) is 6.07 Å². The molecule has 1 saturated heterocycles. The Hall–Kier alpha value is -3.25. The van der Waals surface area contributed by atoms with Crippen LogP contribution in [0.2, 0.25) is 0 Å². The lowest BCUT2D eigenvalue weighted by Crippen LogP contribution is -2.48. The molecule has 0 atom stereocenters. The average molecular weight is 387 g/mol. The molecule has 3 aromatic rings. The minimum Gasteiger partial charge on any atom is -0.335 e. The molecule has 1 aromatic heterocycles. The quantitative estimate of drug-likeness (QED) is 0.673. The topological polar surface area (TPSA) is 52.6 Å². The van der Waals surface area contributed by atoms with Crippen molar-refractivity contribution in [3.05, 3.63) is 84.1 Å². The first-order chi connectivity index (χ1) is 14.2. The number of amides is 1. The van der Waals surface area contributed by atoms with Gasteiger partial charge in [-0.1, -0.05) is 48.5 Å². The fourth-order valence-corrected chi connectivity index (χ4v) is 3.51. The van der Waals surface area contributed by atoms with E-state index in [-0.39, 0.29) is 5.91 Å². The Morgan fingerprint density at radius 2 is 1.52 bits per heavy atom. The van der Waals surface area contributed by atoms with Crippen molar-refractivity contribution in [2.24, 2.45) is 0 Å². The fraction of sp³-hybridized carbons (Fsp3) is 0.261. The van der Waals surface area contributed by atoms with Gasteiger partial charge in [0.05, 0.1) is 0 Å². The summed E-state index contributed by atoms with van der Waals surface area (Å²) in [4.78, 5) is 19.0. The third-order valence-electron chi connectivity index (χ3n) is 5.27. The maximum Gasteiger partial charge on any atom is 0.274 e. The molecule has 1 amide bonds. The van der Waals surface area contributed by atoms with E-state index in [1.807, 2.05) is 59.3 Å². The van der Waals surface area contributed by atoms with Crippen LogP contribution < -0.4 is 4.90 Å². The van der Waals surface area contributed by atoms with E-state index < -0.39 is 0 Å². The maximum atomic E-state index is 12.8. The molecule has 1 aliphatic rings. The van der Waals surface area contributed by atoms with Crippen LogP contribution in [0.15, 0.2) is 72.8 Å². The standard InChI is InChI=1S/C23H25N5O/c1-26(20-10-6-3-7-11-20)22-13-12-21(24-25-22)23(29)28-16-14-27(15-17-28)18-19-8-4-2-5-9-19/h2-13H,14-18H2,1H3. The second kappa shape index (κ2) is 8.84. The van der Waals surface area contributed by atoms with E-state index in [0.717, 1.165) is 25.3 Å². The monoisotopic (exact) mass is 387 g/mol. The van der Waals surface area contributed by atoms with Crippen LogP contribution in [0.3, 0.4) is 0 Å². The number of carbonyl (C=O) groups excluding carboxylic acids is 1. The highest BCUT2D eigenvalue weighted by Gasteiger charge is 2.23. The highest BCUT2D eigenvalue weighted by Crippen LogP contribution is 2.20. The van der Waals surface area contributed by atoms with Gasteiger partial charge in [-0.2, -0.15) is 0 Å². The van der Waals surface area contributed by atoms with E-state index in [2.05, 4.69) is 39.4 Å². The Morgan fingerprint density at radius 3 is 2.14 bits per heavy atom. The summed E-state index contributed by atoms with van der Waals surface area (Å²) in [5, 5.41) is 8.45. The van der Waals surface area contributed by atoms with Crippen molar-refractivity contribution in [3.8, 4) is 0 Å². The summed E-state index contributed by atoms with van der Waals surface area (Å²) in [6.45, 7) is 4.06. The van der Waals surface area contributed by atoms with Crippen molar-refractivity contribution in [3.63, 3.8) is 0 Å². The van der Waals surface area contributed by atoms with E-state index in [9.17, 15) is 4.79 Å². The molecule has 0 N–H and O–H groups in total. The van der Waals surface area contributed by atoms with Gasteiger partial charge < -0.3 is 9.80 Å². The minimum absolute atomic E-state index is 0.0502. The molecule has 29 heavy (non-hydrogen) atoms. The largest absolute Gasteiger partial charge is 0.335 e. The molecule has 0 aliphatic carbocycles. The predicted molar refractivity (Wildman–Crippen MR) is 114 cm³/mol. The van der Waals surface area contributed by atoms with Crippen LogP contribution in [-0.4, -0.2) is 59.1 Å². The molecule has 1 aliphatic heterocycles. The zero-order valence-electron chi connectivity index (χ0n) is 16.6. The summed E-state index contributed by atoms with van der Waals surface area (Å²) in [5.74, 6) is 0.659. The van der Waals surface area contributed by atoms with Gasteiger partial charge in [0, 0.05) is 45.5 Å². The molecule has 6 nitrogen and oxygen atoms in total. The molecule has 148 valence electrons. The summed E-state index contributed by atoms with van der Waals surface area (Å²) < 4.78 is 0. The van der Waals surface area contributed by atoms with E-state index in [1.165, 1.54) is 5.56 Å². The van der Waals surface area contributed by atoms with Gasteiger partial charge in [0.25, 0.3) is 5.91 Å². The number of nitrogens with zero attached hydrogens (tertiary/aromatic N) is 5. The molecule has 6 heteroatoms. The Bertz CT molecular complexity index is 923. The van der Waals surface area contributed by atoms with Gasteiger partial charge in [-0.05, 0) is 29.8 Å². The van der Waals surface area contributed by atoms with Gasteiger partial charge in [-0.15, -0.1) is 10.2 Å². The SMILES string of the molecule is CN(c1ccccc1)c1ccc(C(=O)N2CCN(Cc3ccccc3)CC2)nn1. The van der Waals surface area contributed by atoms with Crippen molar-refractivity contribution in [1.29, 1.82) is 0 Å². The zero-order valence-corrected chi connectivity index (χ0v) is 16.6. The number of anilines is 2. The molecule has 0 unspecified atom stereocenters. The van der Waals surface area contributed by atoms with Crippen LogP contribution in [0, 0.1) is 0 Å². The summed E-state index contributed by atoms with van der Waals surface area (Å²) in [7, 11) is 1.94. The second-order valence-corrected chi connectivity index (χ2v) is 7.23. The van der Waals surface area contributed by atoms with E-state index in [0.29, 0.717) is 24.6 Å². The molecule has 0 spiro atoms. The van der Waals surface area contributed by atoms with Crippen molar-refractivity contribution >= 4 is 17.4 Å². The summed E-state index contributed by atoms with van der Waals surface area (Å²) in [6, 6.07) is 24.0. The van der Waals surface area contributed by atoms with Gasteiger partial charge in [0.15, 0.2) is 11.5 Å². The highest BCUT2D eigenvalue weighted by atomic mass is 16.2. The number of hydrogen-bond donors (Lipinski definition) is 0. The average Bonchev–Trinajstić information content (AvgIpc) is 2.80. The molecule has 0 radical (unpaired) electrons. The number of hydrogen-bond acceptors (Lipinski definition) is 5. The third kappa shape index (κ3) is 4.60. The first-order valence-corrected chi connectivity index (χ1v) is 9.89. The van der Waals surface area contributed by atoms with Crippen LogP contribution in [0.1, 0.15) is 16.1 Å². The Labute approximate surface area is 171 Å². The number of benzene rings is 2. The van der Waals surface area contributed by atoms with Gasteiger partial charge >= 0.3 is 0 Å². The normalized spacial score (nSPS) is 14.6. The van der Waals surface area contributed by atoms with Gasteiger partial charge in [-0.3, -0.25) is 9.69 Å². The van der Waals surface area contributed by atoms with E-state index >= 15 is 0 Å². The number of carbonyl (C=O) groups is 1. The van der Waals surface area contributed by atoms with Crippen LogP contribution in [-0.2, 0) is 6.54 Å². The Kier molecular flexibility index (Phi) is 5.81. The number of para-hydroxylation sites is 1. The number of rotatable bonds is 5. The predicted octanol–water partition coefficient (Wildman–Crippen LogP) is 3.20. The second-order valence-electron chi connectivity index (χ2n) is 7.23. The van der Waals surface area contributed by atoms with Crippen molar-refractivity contribution < 1.29 is 4.79 Å². The van der Waals surface area contributed by atoms with Gasteiger partial charge in [0.2, 0.25) is 0 Å². The Balaban J connectivity index is 1.34. The molecule has 0 saturated carbocycles. The van der Waals surface area contributed by atoms with Crippen molar-refractivity contribution in [1.82, 2.24) is 20.0 Å². The van der Waals surface area contributed by atoms with Crippen molar-refractivity contribution in [2.75, 3.05) is 38.1 Å². The van der Waals surface area contributed by atoms with Crippen LogP contribution >= 0.6 is 0 Å². The lowest BCUT2D eigenvalue weighted by Gasteiger charge is -2.34. The van der Waals surface area contributed by atoms with Gasteiger partial charge in [0.1, 0.15) is 0 Å². The lowest BCUT2D eigenvalue weighted by molar-refractivity contribution is 0.0621. The molecule has 1 fully saturated rings. The van der Waals surface area contributed by atoms with E-state index in [4.69, 9.17) is 0 Å². The summed E-state index contributed by atoms with van der Waals surface area (Å²) >= 11 is 0. The molecule has 2 aromatic carbocycles.